The third-order valence-corrected chi connectivity index (χ3v) is 22.9. The first-order valence-corrected chi connectivity index (χ1v) is 46.4. The summed E-state index contributed by atoms with van der Waals surface area (Å²) in [6.45, 7) is 47.7. The number of esters is 2. The number of carbonyl (C=O) groups excluding carboxylic acids is 5. The molecule has 0 saturated carbocycles. The molecule has 0 saturated heterocycles. The second-order valence-electron chi connectivity index (χ2n) is 35.1. The molecule has 0 atom stereocenters. The molecule has 2 heterocycles. The van der Waals surface area contributed by atoms with Gasteiger partial charge in [-0.15, -0.1) is 23.8 Å². The fourth-order valence-corrected chi connectivity index (χ4v) is 14.8. The number of ether oxygens (including phenoxy) is 3. The van der Waals surface area contributed by atoms with Gasteiger partial charge in [0, 0.05) is 108 Å². The minimum absolute atomic E-state index is 0. The molecule has 0 bridgehead atoms. The summed E-state index contributed by atoms with van der Waals surface area (Å²) in [4.78, 5) is 60.9. The van der Waals surface area contributed by atoms with Crippen LogP contribution < -0.4 is 29.6 Å². The first-order chi connectivity index (χ1) is 58.3. The lowest BCUT2D eigenvalue weighted by atomic mass is 10.0. The lowest BCUT2D eigenvalue weighted by Crippen LogP contribution is -2.49. The Kier molecular flexibility index (Phi) is 54.6. The van der Waals surface area contributed by atoms with Gasteiger partial charge in [0.1, 0.15) is 42.1 Å². The zero-order chi connectivity index (χ0) is 90.4. The van der Waals surface area contributed by atoms with Gasteiger partial charge in [-0.1, -0.05) is 148 Å². The Morgan fingerprint density at radius 2 is 0.837 bits per heavy atom. The quantitative estimate of drug-likeness (QED) is 0.00548. The number of anilines is 3. The average molecular weight is 1770 g/mol. The molecule has 0 fully saturated rings. The largest absolute Gasteiger partial charge is 0.460 e. The summed E-state index contributed by atoms with van der Waals surface area (Å²) in [6.07, 6.45) is 38.0. The number of amides is 1. The van der Waals surface area contributed by atoms with Gasteiger partial charge in [-0.3, -0.25) is 19.2 Å². The number of rotatable bonds is 45. The van der Waals surface area contributed by atoms with Crippen molar-refractivity contribution in [2.45, 2.75) is 277 Å². The molecule has 0 unspecified atom stereocenters. The number of carbonyl (C=O) groups is 5. The minimum atomic E-state index is -0.404. The van der Waals surface area contributed by atoms with Gasteiger partial charge in [-0.05, 0) is 247 Å². The van der Waals surface area contributed by atoms with Crippen molar-refractivity contribution >= 4 is 108 Å². The van der Waals surface area contributed by atoms with Crippen LogP contribution in [0.3, 0.4) is 0 Å². The summed E-state index contributed by atoms with van der Waals surface area (Å²) >= 11 is 3.46. The van der Waals surface area contributed by atoms with Crippen LogP contribution in [-0.2, 0) is 36.9 Å². The number of hydrogen-bond acceptors (Lipinski definition) is 11. The summed E-state index contributed by atoms with van der Waals surface area (Å²) in [5.74, 6) is -0.215. The summed E-state index contributed by atoms with van der Waals surface area (Å²) in [5.41, 5.74) is 7.35. The van der Waals surface area contributed by atoms with E-state index < -0.39 is 16.8 Å². The first kappa shape index (κ1) is 110. The van der Waals surface area contributed by atoms with Gasteiger partial charge in [0.15, 0.2) is 18.9 Å². The van der Waals surface area contributed by atoms with E-state index in [1.54, 1.807) is 0 Å². The number of nitrogens with zero attached hydrogens (tertiary/aromatic N) is 6. The number of benzene rings is 6. The predicted molar refractivity (Wildman–Crippen MR) is 519 cm³/mol. The zero-order valence-electron chi connectivity index (χ0n) is 78.4. The monoisotopic (exact) mass is 1770 g/mol. The molecule has 2 aromatic heterocycles. The number of alkyl carbamates (subject to hydrolysis) is 1. The normalized spacial score (nSPS) is 11.4. The van der Waals surface area contributed by atoms with Crippen molar-refractivity contribution in [1.29, 1.82) is 0 Å². The molecular weight excluding hydrogens is 1610 g/mol. The second-order valence-corrected chi connectivity index (χ2v) is 35.9. The van der Waals surface area contributed by atoms with Crippen molar-refractivity contribution in [2.75, 3.05) is 114 Å². The summed E-state index contributed by atoms with van der Waals surface area (Å²) < 4.78 is 38.8. The fourth-order valence-electron chi connectivity index (χ4n) is 14.4. The Morgan fingerprint density at radius 1 is 0.455 bits per heavy atom. The Balaban J connectivity index is 0.000000547. The molecule has 0 spiro atoms. The van der Waals surface area contributed by atoms with E-state index in [0.717, 1.165) is 140 Å². The summed E-state index contributed by atoms with van der Waals surface area (Å²) in [7, 11) is 6.11. The first-order valence-electron chi connectivity index (χ1n) is 45.3. The van der Waals surface area contributed by atoms with E-state index in [1.165, 1.54) is 160 Å². The highest BCUT2D eigenvalue weighted by Gasteiger charge is 2.23. The fraction of sp³-hybridized carbons (Fsp3) is 0.548. The lowest BCUT2D eigenvalue weighted by Gasteiger charge is -2.35. The van der Waals surface area contributed by atoms with Crippen molar-refractivity contribution in [3.63, 3.8) is 0 Å². The highest BCUT2D eigenvalue weighted by atomic mass is 79.9. The van der Waals surface area contributed by atoms with Crippen LogP contribution in [0.4, 0.5) is 31.0 Å². The molecule has 8 rings (SSSR count). The van der Waals surface area contributed by atoms with E-state index in [2.05, 4.69) is 230 Å². The van der Waals surface area contributed by atoms with E-state index in [9.17, 15) is 24.0 Å². The van der Waals surface area contributed by atoms with Crippen LogP contribution in [0.25, 0.3) is 44.5 Å². The highest BCUT2D eigenvalue weighted by molar-refractivity contribution is 9.09. The smallest absolute Gasteiger partial charge is 0.407 e. The topological polar surface area (TPSA) is 151 Å². The molecule has 0 radical (unpaired) electrons. The number of aromatic nitrogens is 2. The predicted octanol–water partition coefficient (Wildman–Crippen LogP) is 25.2. The van der Waals surface area contributed by atoms with E-state index in [4.69, 9.17) is 23.4 Å². The van der Waals surface area contributed by atoms with Gasteiger partial charge >= 0.3 is 18.0 Å². The van der Waals surface area contributed by atoms with Crippen molar-refractivity contribution in [3.8, 4) is 0 Å². The van der Waals surface area contributed by atoms with Gasteiger partial charge in [0.2, 0.25) is 0 Å². The van der Waals surface area contributed by atoms with Crippen LogP contribution in [0.5, 0.6) is 0 Å². The molecule has 0 aliphatic carbocycles. The van der Waals surface area contributed by atoms with E-state index in [0.29, 0.717) is 18.4 Å². The lowest BCUT2D eigenvalue weighted by molar-refractivity contribution is -0.925. The minimum Gasteiger partial charge on any atom is -0.460 e. The van der Waals surface area contributed by atoms with Gasteiger partial charge in [-0.25, -0.2) is 9.36 Å². The molecule has 6 aromatic carbocycles. The highest BCUT2D eigenvalue weighted by Crippen LogP contribution is 2.27. The van der Waals surface area contributed by atoms with Crippen LogP contribution in [0.15, 0.2) is 152 Å². The molecule has 8 aromatic rings. The molecule has 0 aliphatic rings. The van der Waals surface area contributed by atoms with Gasteiger partial charge in [0.05, 0.1) is 71.4 Å². The molecule has 2 N–H and O–H groups in total. The van der Waals surface area contributed by atoms with Gasteiger partial charge in [-0.2, -0.15) is 0 Å². The Morgan fingerprint density at radius 3 is 1.25 bits per heavy atom. The number of aryl methyl sites for hydroxylation is 3. The standard InChI is InChI=1S/C37H54N3O2.C22H29NO3.C17H34BrNO2.C15H28N2.C12H11NO.CH4.F2/c1-8-40(9-2,10-3)28-14-25-39-26-22-31(23-27-39)16-17-32-18-19-34-30-35(21-20-33(34)29-32)38(7)24-13-11-12-15-36(41)42-37(4,5)6;1-22(2,3)26-21(25)8-6-5-7-13-23(4)20-12-11-18-14-17(16-24)9-10-19(18)15-20;1-17(2,3)21-16(20)19-15-13-11-9-7-5-4-6-8-10-12-14-18;1-5-17(6-2,7-3)14-8-11-16-12-9-15(4)10-13-16;1-13-12-5-4-10-6-9(8-14)2-3-11(10)7-12;;1-2/h16-23,26,29-30H,8-15,24-25,28H2,1-7H3;9-12,14-16H,5-8,13H2,1-4H3;4-15H2,1-3H3,(H,19,20);9-10,12-13H,5-8,11,14H2,1-4H3;2-8,13H,1H3;1H4;/q+1;;;+2;;;/b17-16+;;;;;;. The maximum atomic E-state index is 11.9. The number of alkyl halides is 1. The van der Waals surface area contributed by atoms with Gasteiger partial charge < -0.3 is 48.2 Å². The van der Waals surface area contributed by atoms with E-state index in [1.807, 2.05) is 118 Å². The number of quaternary nitrogens is 2. The van der Waals surface area contributed by atoms with Crippen molar-refractivity contribution in [3.05, 3.63) is 186 Å². The van der Waals surface area contributed by atoms with Crippen LogP contribution in [0, 0.1) is 13.1 Å². The van der Waals surface area contributed by atoms with E-state index >= 15 is 0 Å². The zero-order valence-corrected chi connectivity index (χ0v) is 80.0. The molecule has 0 aliphatic heterocycles. The maximum Gasteiger partial charge on any atom is 0.407 e. The Hall–Kier alpha value is -8.65. The number of fused-ring (bicyclic) bond motifs is 3. The number of unbranched alkanes of at least 4 members (excludes halogenated alkanes) is 13. The molecule has 19 heteroatoms. The van der Waals surface area contributed by atoms with Gasteiger partial charge in [0.25, 0.3) is 0 Å². The third kappa shape index (κ3) is 46.8. The molecular formula is C104H160BrF2N8O8+3. The second kappa shape index (κ2) is 60.8. The SMILES string of the molecule is C.CC(C)(C)OC(=O)NCCCCCCCCCCCCBr.CC[N+](CC)(CC)CCC[n+]1[c-]cc(/C=C/c2ccc3cc(N(C)CCCCCC(=O)OC(C)(C)C)ccc3c2)cc1.CC[N+](CC)(CC)CCC[n+]1ccc(C)cc1.CN(CCCCCC(=O)OC(C)(C)C)c1ccc2cc(C=O)ccc2c1.CNc1ccc2cc(C=O)ccc2c1.FF. The number of hydrogen-bond donors (Lipinski definition) is 2. The third-order valence-electron chi connectivity index (χ3n) is 22.3. The summed E-state index contributed by atoms with van der Waals surface area (Å²) in [6, 6.07) is 45.7. The van der Waals surface area contributed by atoms with Crippen LogP contribution in [-0.4, -0.2) is 155 Å². The molecule has 16 nitrogen and oxygen atoms in total. The molecule has 123 heavy (non-hydrogen) atoms. The number of aldehydes is 2. The van der Waals surface area contributed by atoms with E-state index in [-0.39, 0.29) is 25.5 Å². The summed E-state index contributed by atoms with van der Waals surface area (Å²) in [5, 5.41) is 13.9. The number of halogens is 3. The van der Waals surface area contributed by atoms with Crippen LogP contribution in [0.2, 0.25) is 0 Å². The Bertz CT molecular complexity index is 4270. The van der Waals surface area contributed by atoms with Crippen molar-refractivity contribution in [1.82, 2.24) is 5.32 Å². The van der Waals surface area contributed by atoms with Crippen LogP contribution in [0.1, 0.15) is 277 Å². The number of pyridine rings is 2. The Labute approximate surface area is 750 Å². The van der Waals surface area contributed by atoms with Crippen LogP contribution >= 0.6 is 15.9 Å². The molecule has 1 amide bonds. The van der Waals surface area contributed by atoms with Crippen molar-refractivity contribution < 1.29 is 65.4 Å². The number of nitrogens with one attached hydrogen (secondary N) is 2. The average Bonchev–Trinajstić information content (AvgIpc) is 0.826. The molecule has 682 valence electrons. The van der Waals surface area contributed by atoms with Crippen molar-refractivity contribution in [2.24, 2.45) is 0 Å². The maximum absolute atomic E-state index is 11.9.